The number of pyridine rings is 1. The number of morpholine rings is 1. The molecular formula is C11H17N3O. The van der Waals surface area contributed by atoms with E-state index >= 15 is 0 Å². The summed E-state index contributed by atoms with van der Waals surface area (Å²) in [5.41, 5.74) is 7.84. The van der Waals surface area contributed by atoms with Gasteiger partial charge in [0.15, 0.2) is 0 Å². The molecule has 0 bridgehead atoms. The van der Waals surface area contributed by atoms with Gasteiger partial charge in [-0.05, 0) is 18.6 Å². The van der Waals surface area contributed by atoms with Gasteiger partial charge in [0.1, 0.15) is 0 Å². The molecule has 15 heavy (non-hydrogen) atoms. The van der Waals surface area contributed by atoms with Crippen LogP contribution in [0.3, 0.4) is 0 Å². The van der Waals surface area contributed by atoms with Crippen molar-refractivity contribution < 1.29 is 4.74 Å². The predicted molar refractivity (Wildman–Crippen MR) is 59.5 cm³/mol. The van der Waals surface area contributed by atoms with Crippen LogP contribution in [-0.2, 0) is 4.74 Å². The number of ether oxygens (including phenoxy) is 1. The number of aromatic nitrogens is 1. The number of anilines is 1. The zero-order valence-electron chi connectivity index (χ0n) is 9.02. The van der Waals surface area contributed by atoms with E-state index < -0.39 is 0 Å². The molecule has 1 atom stereocenters. The van der Waals surface area contributed by atoms with E-state index in [1.807, 2.05) is 6.07 Å². The second kappa shape index (κ2) is 4.59. The number of rotatable bonds is 2. The molecule has 0 saturated carbocycles. The molecule has 0 spiro atoms. The van der Waals surface area contributed by atoms with Gasteiger partial charge in [-0.1, -0.05) is 0 Å². The molecule has 0 aliphatic carbocycles. The molecule has 0 radical (unpaired) electrons. The minimum atomic E-state index is 0.344. The highest BCUT2D eigenvalue weighted by Crippen LogP contribution is 2.24. The topological polar surface area (TPSA) is 51.4 Å². The first-order valence-electron chi connectivity index (χ1n) is 5.30. The van der Waals surface area contributed by atoms with Gasteiger partial charge < -0.3 is 10.5 Å². The van der Waals surface area contributed by atoms with Crippen LogP contribution >= 0.6 is 0 Å². The Morgan fingerprint density at radius 3 is 2.87 bits per heavy atom. The zero-order chi connectivity index (χ0) is 10.7. The van der Waals surface area contributed by atoms with E-state index in [2.05, 4.69) is 16.8 Å². The Kier molecular flexibility index (Phi) is 3.18. The normalized spacial score (nSPS) is 20.1. The van der Waals surface area contributed by atoms with Crippen LogP contribution in [0.5, 0.6) is 0 Å². The molecule has 0 amide bonds. The van der Waals surface area contributed by atoms with Crippen molar-refractivity contribution in [3.63, 3.8) is 0 Å². The lowest BCUT2D eigenvalue weighted by Gasteiger charge is -2.32. The number of nitrogen functional groups attached to an aromatic ring is 1. The lowest BCUT2D eigenvalue weighted by atomic mass is 10.1. The van der Waals surface area contributed by atoms with Crippen LogP contribution in [0.1, 0.15) is 18.5 Å². The van der Waals surface area contributed by atoms with Gasteiger partial charge in [-0.15, -0.1) is 0 Å². The van der Waals surface area contributed by atoms with E-state index in [1.54, 1.807) is 12.4 Å². The lowest BCUT2D eigenvalue weighted by Crippen LogP contribution is -2.38. The maximum Gasteiger partial charge on any atom is 0.0594 e. The monoisotopic (exact) mass is 207 g/mol. The largest absolute Gasteiger partial charge is 0.397 e. The third-order valence-electron chi connectivity index (χ3n) is 2.93. The highest BCUT2D eigenvalue weighted by atomic mass is 16.5. The molecular weight excluding hydrogens is 190 g/mol. The number of nitrogens with zero attached hydrogens (tertiary/aromatic N) is 2. The first-order valence-corrected chi connectivity index (χ1v) is 5.30. The molecule has 2 rings (SSSR count). The summed E-state index contributed by atoms with van der Waals surface area (Å²) in [6.07, 6.45) is 3.51. The molecule has 2 heterocycles. The molecule has 2 N–H and O–H groups in total. The third-order valence-corrected chi connectivity index (χ3v) is 2.93. The maximum atomic E-state index is 5.91. The SMILES string of the molecule is CC(c1ccncc1N)N1CCOCC1. The van der Waals surface area contributed by atoms with Gasteiger partial charge in [-0.25, -0.2) is 0 Å². The summed E-state index contributed by atoms with van der Waals surface area (Å²) in [6, 6.07) is 2.34. The highest BCUT2D eigenvalue weighted by molar-refractivity contribution is 5.45. The number of nitrogens with two attached hydrogens (primary N) is 1. The van der Waals surface area contributed by atoms with Crippen molar-refractivity contribution in [1.29, 1.82) is 0 Å². The summed E-state index contributed by atoms with van der Waals surface area (Å²) in [4.78, 5) is 6.39. The fourth-order valence-electron chi connectivity index (χ4n) is 1.96. The van der Waals surface area contributed by atoms with Crippen LogP contribution in [-0.4, -0.2) is 36.2 Å². The Hall–Kier alpha value is -1.13. The van der Waals surface area contributed by atoms with Crippen LogP contribution in [0, 0.1) is 0 Å². The molecule has 1 aliphatic rings. The van der Waals surface area contributed by atoms with Crippen LogP contribution < -0.4 is 5.73 Å². The van der Waals surface area contributed by atoms with E-state index in [0.29, 0.717) is 6.04 Å². The standard InChI is InChI=1S/C11H17N3O/c1-9(14-4-6-15-7-5-14)10-2-3-13-8-11(10)12/h2-3,8-9H,4-7,12H2,1H3. The summed E-state index contributed by atoms with van der Waals surface area (Å²) < 4.78 is 5.33. The van der Waals surface area contributed by atoms with Crippen LogP contribution in [0.2, 0.25) is 0 Å². The van der Waals surface area contributed by atoms with Crippen LogP contribution in [0.15, 0.2) is 18.5 Å². The third kappa shape index (κ3) is 2.27. The molecule has 1 aromatic heterocycles. The minimum Gasteiger partial charge on any atom is -0.397 e. The smallest absolute Gasteiger partial charge is 0.0594 e. The Morgan fingerprint density at radius 2 is 2.20 bits per heavy atom. The van der Waals surface area contributed by atoms with E-state index in [0.717, 1.165) is 37.6 Å². The van der Waals surface area contributed by atoms with Crippen molar-refractivity contribution in [3.8, 4) is 0 Å². The average Bonchev–Trinajstić information content (AvgIpc) is 2.30. The van der Waals surface area contributed by atoms with Gasteiger partial charge in [0.2, 0.25) is 0 Å². The number of hydrogen-bond acceptors (Lipinski definition) is 4. The summed E-state index contributed by atoms with van der Waals surface area (Å²) in [5, 5.41) is 0. The Labute approximate surface area is 90.0 Å². The fourth-order valence-corrected chi connectivity index (χ4v) is 1.96. The second-order valence-electron chi connectivity index (χ2n) is 3.83. The van der Waals surface area contributed by atoms with E-state index in [1.165, 1.54) is 0 Å². The number of hydrogen-bond donors (Lipinski definition) is 1. The van der Waals surface area contributed by atoms with Crippen molar-refractivity contribution >= 4 is 5.69 Å². The van der Waals surface area contributed by atoms with Gasteiger partial charge in [-0.2, -0.15) is 0 Å². The molecule has 1 saturated heterocycles. The lowest BCUT2D eigenvalue weighted by molar-refractivity contribution is 0.0200. The minimum absolute atomic E-state index is 0.344. The van der Waals surface area contributed by atoms with Crippen molar-refractivity contribution in [1.82, 2.24) is 9.88 Å². The van der Waals surface area contributed by atoms with Crippen LogP contribution in [0.4, 0.5) is 5.69 Å². The summed E-state index contributed by atoms with van der Waals surface area (Å²) in [7, 11) is 0. The molecule has 4 nitrogen and oxygen atoms in total. The first-order chi connectivity index (χ1) is 7.29. The zero-order valence-corrected chi connectivity index (χ0v) is 9.02. The quantitative estimate of drug-likeness (QED) is 0.787. The van der Waals surface area contributed by atoms with E-state index in [4.69, 9.17) is 10.5 Å². The predicted octanol–water partition coefficient (Wildman–Crippen LogP) is 1.06. The fraction of sp³-hybridized carbons (Fsp3) is 0.545. The molecule has 0 aromatic carbocycles. The molecule has 82 valence electrons. The van der Waals surface area contributed by atoms with E-state index in [-0.39, 0.29) is 0 Å². The van der Waals surface area contributed by atoms with Crippen molar-refractivity contribution in [2.24, 2.45) is 0 Å². The summed E-state index contributed by atoms with van der Waals surface area (Å²) >= 11 is 0. The van der Waals surface area contributed by atoms with Crippen LogP contribution in [0.25, 0.3) is 0 Å². The molecule has 1 unspecified atom stereocenters. The van der Waals surface area contributed by atoms with Crippen molar-refractivity contribution in [2.75, 3.05) is 32.0 Å². The Morgan fingerprint density at radius 1 is 1.47 bits per heavy atom. The van der Waals surface area contributed by atoms with Gasteiger partial charge in [0, 0.05) is 25.3 Å². The van der Waals surface area contributed by atoms with Gasteiger partial charge in [0.05, 0.1) is 25.1 Å². The van der Waals surface area contributed by atoms with Gasteiger partial charge in [-0.3, -0.25) is 9.88 Å². The maximum absolute atomic E-state index is 5.91. The van der Waals surface area contributed by atoms with Gasteiger partial charge in [0.25, 0.3) is 0 Å². The summed E-state index contributed by atoms with van der Waals surface area (Å²) in [6.45, 7) is 5.76. The Balaban J connectivity index is 2.12. The van der Waals surface area contributed by atoms with E-state index in [9.17, 15) is 0 Å². The highest BCUT2D eigenvalue weighted by Gasteiger charge is 2.19. The molecule has 1 aliphatic heterocycles. The first kappa shape index (κ1) is 10.4. The summed E-state index contributed by atoms with van der Waals surface area (Å²) in [5.74, 6) is 0. The molecule has 1 fully saturated rings. The van der Waals surface area contributed by atoms with Crippen molar-refractivity contribution in [3.05, 3.63) is 24.0 Å². The van der Waals surface area contributed by atoms with Gasteiger partial charge >= 0.3 is 0 Å². The van der Waals surface area contributed by atoms with Crippen molar-refractivity contribution in [2.45, 2.75) is 13.0 Å². The molecule has 1 aromatic rings. The Bertz CT molecular complexity index is 323. The second-order valence-corrected chi connectivity index (χ2v) is 3.83. The average molecular weight is 207 g/mol. The molecule has 4 heteroatoms.